The summed E-state index contributed by atoms with van der Waals surface area (Å²) in [6, 6.07) is 0. The molecule has 0 unspecified atom stereocenters. The van der Waals surface area contributed by atoms with Gasteiger partial charge in [0.25, 0.3) is 0 Å². The first-order valence-corrected chi connectivity index (χ1v) is 2.89. The highest BCUT2D eigenvalue weighted by Gasteiger charge is 1.94. The lowest BCUT2D eigenvalue weighted by Gasteiger charge is -1.81. The summed E-state index contributed by atoms with van der Waals surface area (Å²) in [5, 5.41) is 0.963. The van der Waals surface area contributed by atoms with E-state index in [9.17, 15) is 0 Å². The Kier molecular flexibility index (Phi) is 0.887. The molecular formula is C6H6N4. The van der Waals surface area contributed by atoms with Crippen LogP contribution in [0.5, 0.6) is 0 Å². The van der Waals surface area contributed by atoms with E-state index >= 15 is 0 Å². The van der Waals surface area contributed by atoms with Crippen LogP contribution in [0.1, 0.15) is 0 Å². The molecule has 0 saturated heterocycles. The van der Waals surface area contributed by atoms with Gasteiger partial charge >= 0.3 is 0 Å². The molecule has 0 atom stereocenters. The smallest absolute Gasteiger partial charge is 0.116 e. The van der Waals surface area contributed by atoms with E-state index in [2.05, 4.69) is 9.97 Å². The average Bonchev–Trinajstić information content (AvgIpc) is 2.27. The number of fused-ring (bicyclic) bond motifs is 1. The number of hydrogen-bond acceptors (Lipinski definition) is 3. The molecular weight excluding hydrogens is 128 g/mol. The van der Waals surface area contributed by atoms with Gasteiger partial charge in [-0.3, -0.25) is 4.68 Å². The van der Waals surface area contributed by atoms with E-state index < -0.39 is 0 Å². The van der Waals surface area contributed by atoms with Gasteiger partial charge in [0.1, 0.15) is 6.33 Å². The minimum Gasteiger partial charge on any atom is -0.340 e. The lowest BCUT2D eigenvalue weighted by Crippen LogP contribution is -2.02. The minimum atomic E-state index is 0.873. The maximum Gasteiger partial charge on any atom is 0.116 e. The molecule has 0 amide bonds. The third kappa shape index (κ3) is 0.621. The van der Waals surface area contributed by atoms with Crippen molar-refractivity contribution in [3.8, 4) is 0 Å². The van der Waals surface area contributed by atoms with Crippen LogP contribution in [0.4, 0.5) is 0 Å². The van der Waals surface area contributed by atoms with Crippen LogP contribution >= 0.6 is 0 Å². The van der Waals surface area contributed by atoms with Gasteiger partial charge in [-0.05, 0) is 0 Å². The third-order valence-corrected chi connectivity index (χ3v) is 1.33. The standard InChI is InChI=1S/C6H6N4/c7-10-2-5-1-8-4-9-6(5)3-10/h1-4H,7H2. The molecule has 0 aliphatic rings. The zero-order valence-electron chi connectivity index (χ0n) is 5.23. The monoisotopic (exact) mass is 134 g/mol. The van der Waals surface area contributed by atoms with Gasteiger partial charge in [-0.2, -0.15) is 0 Å². The van der Waals surface area contributed by atoms with Gasteiger partial charge in [-0.25, -0.2) is 9.97 Å². The molecule has 4 heteroatoms. The van der Waals surface area contributed by atoms with Gasteiger partial charge in [0.2, 0.25) is 0 Å². The van der Waals surface area contributed by atoms with Crippen molar-refractivity contribution in [2.75, 3.05) is 5.84 Å². The maximum absolute atomic E-state index is 5.44. The van der Waals surface area contributed by atoms with Gasteiger partial charge in [0.05, 0.1) is 11.7 Å². The highest BCUT2D eigenvalue weighted by atomic mass is 15.3. The van der Waals surface area contributed by atoms with Gasteiger partial charge in [-0.15, -0.1) is 0 Å². The summed E-state index contributed by atoms with van der Waals surface area (Å²) < 4.78 is 1.47. The molecule has 0 fully saturated rings. The second-order valence-corrected chi connectivity index (χ2v) is 2.07. The van der Waals surface area contributed by atoms with Crippen LogP contribution in [0.3, 0.4) is 0 Å². The number of nitrogen functional groups attached to an aromatic ring is 1. The molecule has 2 heterocycles. The first kappa shape index (κ1) is 5.22. The summed E-state index contributed by atoms with van der Waals surface area (Å²) in [7, 11) is 0. The summed E-state index contributed by atoms with van der Waals surface area (Å²) in [6.07, 6.45) is 6.75. The van der Waals surface area contributed by atoms with Crippen molar-refractivity contribution in [2.45, 2.75) is 0 Å². The Bertz CT molecular complexity index is 318. The first-order valence-electron chi connectivity index (χ1n) is 2.89. The van der Waals surface area contributed by atoms with Crippen LogP contribution in [0.15, 0.2) is 24.9 Å². The molecule has 2 rings (SSSR count). The summed E-state index contributed by atoms with van der Waals surface area (Å²) in [5.41, 5.74) is 0.873. The van der Waals surface area contributed by atoms with Gasteiger partial charge < -0.3 is 5.84 Å². The van der Waals surface area contributed by atoms with Crippen LogP contribution in [0.2, 0.25) is 0 Å². The summed E-state index contributed by atoms with van der Waals surface area (Å²) in [4.78, 5) is 7.84. The zero-order valence-corrected chi connectivity index (χ0v) is 5.23. The van der Waals surface area contributed by atoms with E-state index in [0.29, 0.717) is 0 Å². The van der Waals surface area contributed by atoms with Crippen LogP contribution in [-0.4, -0.2) is 14.6 Å². The van der Waals surface area contributed by atoms with Crippen LogP contribution in [-0.2, 0) is 0 Å². The maximum atomic E-state index is 5.44. The van der Waals surface area contributed by atoms with Crippen molar-refractivity contribution < 1.29 is 0 Å². The molecule has 0 bridgehead atoms. The van der Waals surface area contributed by atoms with E-state index in [0.717, 1.165) is 10.9 Å². The van der Waals surface area contributed by atoms with E-state index in [1.165, 1.54) is 11.0 Å². The quantitative estimate of drug-likeness (QED) is 0.521. The van der Waals surface area contributed by atoms with E-state index in [-0.39, 0.29) is 0 Å². The number of nitrogens with two attached hydrogens (primary N) is 1. The van der Waals surface area contributed by atoms with Crippen molar-refractivity contribution in [2.24, 2.45) is 0 Å². The second-order valence-electron chi connectivity index (χ2n) is 2.07. The topological polar surface area (TPSA) is 56.7 Å². The molecule has 0 aliphatic carbocycles. The third-order valence-electron chi connectivity index (χ3n) is 1.33. The van der Waals surface area contributed by atoms with Crippen LogP contribution < -0.4 is 5.84 Å². The fraction of sp³-hybridized carbons (Fsp3) is 0. The molecule has 4 nitrogen and oxygen atoms in total. The Balaban J connectivity index is 2.88. The second kappa shape index (κ2) is 1.70. The SMILES string of the molecule is Nn1cc2cncnc2c1. The molecule has 0 saturated carbocycles. The molecule has 2 aromatic rings. The predicted molar refractivity (Wildman–Crippen MR) is 37.7 cm³/mol. The normalized spacial score (nSPS) is 10.4. The summed E-state index contributed by atoms with van der Waals surface area (Å²) in [5.74, 6) is 5.44. The fourth-order valence-electron chi connectivity index (χ4n) is 0.896. The molecule has 0 aromatic carbocycles. The zero-order chi connectivity index (χ0) is 6.97. The van der Waals surface area contributed by atoms with Crippen molar-refractivity contribution in [3.05, 3.63) is 24.9 Å². The van der Waals surface area contributed by atoms with Crippen molar-refractivity contribution in [3.63, 3.8) is 0 Å². The van der Waals surface area contributed by atoms with Crippen molar-refractivity contribution >= 4 is 10.9 Å². The lowest BCUT2D eigenvalue weighted by atomic mass is 10.4. The summed E-state index contributed by atoms with van der Waals surface area (Å²) in [6.45, 7) is 0. The molecule has 0 spiro atoms. The lowest BCUT2D eigenvalue weighted by molar-refractivity contribution is 1.02. The highest BCUT2D eigenvalue weighted by molar-refractivity contribution is 5.76. The van der Waals surface area contributed by atoms with Gasteiger partial charge in [0, 0.05) is 17.8 Å². The Labute approximate surface area is 57.3 Å². The fourth-order valence-corrected chi connectivity index (χ4v) is 0.896. The van der Waals surface area contributed by atoms with Gasteiger partial charge in [-0.1, -0.05) is 0 Å². The molecule has 0 radical (unpaired) electrons. The number of hydrogen-bond donors (Lipinski definition) is 1. The molecule has 2 aromatic heterocycles. The Morgan fingerprint density at radius 2 is 2.30 bits per heavy atom. The molecule has 50 valence electrons. The van der Waals surface area contributed by atoms with E-state index in [1.54, 1.807) is 18.6 Å². The Hall–Kier alpha value is -1.58. The van der Waals surface area contributed by atoms with E-state index in [4.69, 9.17) is 5.84 Å². The predicted octanol–water partition coefficient (Wildman–Crippen LogP) is 0.145. The first-order chi connectivity index (χ1) is 4.86. The summed E-state index contributed by atoms with van der Waals surface area (Å²) >= 11 is 0. The highest BCUT2D eigenvalue weighted by Crippen LogP contribution is 2.06. The molecule has 10 heavy (non-hydrogen) atoms. The van der Waals surface area contributed by atoms with Crippen molar-refractivity contribution in [1.82, 2.24) is 14.6 Å². The van der Waals surface area contributed by atoms with E-state index in [1.807, 2.05) is 0 Å². The van der Waals surface area contributed by atoms with Crippen LogP contribution in [0.25, 0.3) is 10.9 Å². The largest absolute Gasteiger partial charge is 0.340 e. The average molecular weight is 134 g/mol. The minimum absolute atomic E-state index is 0.873. The Morgan fingerprint density at radius 3 is 3.10 bits per heavy atom. The number of rotatable bonds is 0. The van der Waals surface area contributed by atoms with Crippen molar-refractivity contribution in [1.29, 1.82) is 0 Å². The molecule has 2 N–H and O–H groups in total. The number of nitrogens with zero attached hydrogens (tertiary/aromatic N) is 3. The molecule has 0 aliphatic heterocycles. The van der Waals surface area contributed by atoms with Gasteiger partial charge in [0.15, 0.2) is 0 Å². The van der Waals surface area contributed by atoms with Crippen LogP contribution in [0, 0.1) is 0 Å². The Morgan fingerprint density at radius 1 is 1.40 bits per heavy atom. The number of aromatic nitrogens is 3.